The van der Waals surface area contributed by atoms with E-state index in [2.05, 4.69) is 10.3 Å². The zero-order valence-electron chi connectivity index (χ0n) is 9.76. The van der Waals surface area contributed by atoms with Crippen molar-refractivity contribution < 1.29 is 9.90 Å². The van der Waals surface area contributed by atoms with Gasteiger partial charge in [0.2, 0.25) is 0 Å². The maximum atomic E-state index is 11.1. The van der Waals surface area contributed by atoms with Gasteiger partial charge in [0.1, 0.15) is 0 Å². The van der Waals surface area contributed by atoms with Gasteiger partial charge in [0, 0.05) is 17.6 Å². The summed E-state index contributed by atoms with van der Waals surface area (Å²) in [5.41, 5.74) is 1.82. The van der Waals surface area contributed by atoms with E-state index in [1.807, 2.05) is 11.7 Å². The molecule has 0 aromatic carbocycles. The van der Waals surface area contributed by atoms with Gasteiger partial charge in [-0.1, -0.05) is 12.8 Å². The lowest BCUT2D eigenvalue weighted by molar-refractivity contribution is -0.144. The van der Waals surface area contributed by atoms with E-state index in [1.165, 1.54) is 4.88 Å². The second-order valence-electron chi connectivity index (χ2n) is 4.59. The lowest BCUT2D eigenvalue weighted by Crippen LogP contribution is -2.34. The van der Waals surface area contributed by atoms with E-state index < -0.39 is 5.97 Å². The molecule has 0 amide bonds. The summed E-state index contributed by atoms with van der Waals surface area (Å²) in [6.07, 6.45) is 5.95. The van der Waals surface area contributed by atoms with Crippen LogP contribution in [-0.4, -0.2) is 22.6 Å². The van der Waals surface area contributed by atoms with Crippen LogP contribution in [0.25, 0.3) is 0 Å². The third-order valence-corrected chi connectivity index (χ3v) is 4.20. The number of thiazole rings is 1. The summed E-state index contributed by atoms with van der Waals surface area (Å²) >= 11 is 1.63. The molecular formula is C12H18N2O2S. The van der Waals surface area contributed by atoms with Crippen molar-refractivity contribution in [3.8, 4) is 0 Å². The molecule has 2 unspecified atom stereocenters. The molecule has 1 saturated carbocycles. The highest BCUT2D eigenvalue weighted by Crippen LogP contribution is 2.29. The van der Waals surface area contributed by atoms with Crippen LogP contribution >= 0.6 is 11.3 Å². The highest BCUT2D eigenvalue weighted by molar-refractivity contribution is 7.09. The van der Waals surface area contributed by atoms with Gasteiger partial charge in [0.05, 0.1) is 11.4 Å². The summed E-state index contributed by atoms with van der Waals surface area (Å²) in [5.74, 6) is -0.499. The van der Waals surface area contributed by atoms with Gasteiger partial charge in [-0.25, -0.2) is 0 Å². The van der Waals surface area contributed by atoms with Crippen molar-refractivity contribution in [1.82, 2.24) is 10.3 Å². The number of hydrogen-bond acceptors (Lipinski definition) is 4. The summed E-state index contributed by atoms with van der Waals surface area (Å²) in [7, 11) is 0. The van der Waals surface area contributed by atoms with Crippen LogP contribution in [0.4, 0.5) is 0 Å². The van der Waals surface area contributed by atoms with Crippen molar-refractivity contribution in [3.63, 3.8) is 0 Å². The molecule has 94 valence electrons. The highest BCUT2D eigenvalue weighted by atomic mass is 32.1. The molecule has 1 aliphatic carbocycles. The van der Waals surface area contributed by atoms with E-state index >= 15 is 0 Å². The number of nitrogens with one attached hydrogen (secondary N) is 1. The summed E-state index contributed by atoms with van der Waals surface area (Å²) < 4.78 is 0. The molecule has 0 radical (unpaired) electrons. The van der Waals surface area contributed by atoms with Crippen molar-refractivity contribution in [3.05, 3.63) is 16.6 Å². The Balaban J connectivity index is 1.78. The van der Waals surface area contributed by atoms with Crippen LogP contribution < -0.4 is 5.32 Å². The van der Waals surface area contributed by atoms with E-state index in [0.717, 1.165) is 38.8 Å². The van der Waals surface area contributed by atoms with Crippen molar-refractivity contribution in [2.75, 3.05) is 6.54 Å². The quantitative estimate of drug-likeness (QED) is 0.845. The predicted molar refractivity (Wildman–Crippen MR) is 66.9 cm³/mol. The summed E-state index contributed by atoms with van der Waals surface area (Å²) in [6, 6.07) is 0. The van der Waals surface area contributed by atoms with E-state index in [4.69, 9.17) is 5.11 Å². The number of carboxylic acid groups (broad SMARTS) is 1. The van der Waals surface area contributed by atoms with Gasteiger partial charge in [-0.05, 0) is 25.3 Å². The third-order valence-electron chi connectivity index (χ3n) is 3.42. The molecule has 1 aliphatic rings. The first-order valence-electron chi connectivity index (χ1n) is 6.08. The van der Waals surface area contributed by atoms with E-state index in [1.54, 1.807) is 11.3 Å². The number of aromatic nitrogens is 1. The summed E-state index contributed by atoms with van der Waals surface area (Å²) in [4.78, 5) is 16.3. The standard InChI is InChI=1S/C12H18N2O2S/c15-12(16)11-4-2-1-3-9(11)5-13-6-10-7-14-8-17-10/h7-9,11,13H,1-6H2,(H,15,16). The Morgan fingerprint density at radius 2 is 2.35 bits per heavy atom. The highest BCUT2D eigenvalue weighted by Gasteiger charge is 2.30. The molecule has 5 heteroatoms. The van der Waals surface area contributed by atoms with Crippen molar-refractivity contribution in [2.24, 2.45) is 11.8 Å². The largest absolute Gasteiger partial charge is 0.481 e. The minimum atomic E-state index is -0.630. The number of carbonyl (C=O) groups is 1. The van der Waals surface area contributed by atoms with Crippen LogP contribution in [0.15, 0.2) is 11.7 Å². The van der Waals surface area contributed by atoms with Crippen LogP contribution in [0, 0.1) is 11.8 Å². The van der Waals surface area contributed by atoms with Crippen LogP contribution in [-0.2, 0) is 11.3 Å². The van der Waals surface area contributed by atoms with Crippen LogP contribution in [0.1, 0.15) is 30.6 Å². The molecule has 2 N–H and O–H groups in total. The van der Waals surface area contributed by atoms with Gasteiger partial charge < -0.3 is 10.4 Å². The first-order valence-corrected chi connectivity index (χ1v) is 6.96. The monoisotopic (exact) mass is 254 g/mol. The van der Waals surface area contributed by atoms with E-state index in [-0.39, 0.29) is 11.8 Å². The zero-order valence-corrected chi connectivity index (χ0v) is 10.6. The Kier molecular flexibility index (Phi) is 4.50. The Labute approximate surface area is 105 Å². The Hall–Kier alpha value is -0.940. The maximum absolute atomic E-state index is 11.1. The summed E-state index contributed by atoms with van der Waals surface area (Å²) in [6.45, 7) is 1.60. The molecular weight excluding hydrogens is 236 g/mol. The average Bonchev–Trinajstić information content (AvgIpc) is 2.82. The lowest BCUT2D eigenvalue weighted by atomic mass is 9.79. The maximum Gasteiger partial charge on any atom is 0.306 e. The van der Waals surface area contributed by atoms with Crippen molar-refractivity contribution >= 4 is 17.3 Å². The van der Waals surface area contributed by atoms with Gasteiger partial charge in [-0.2, -0.15) is 0 Å². The lowest BCUT2D eigenvalue weighted by Gasteiger charge is -2.28. The first-order chi connectivity index (χ1) is 8.27. The fourth-order valence-electron chi connectivity index (χ4n) is 2.49. The molecule has 1 heterocycles. The minimum absolute atomic E-state index is 0.155. The van der Waals surface area contributed by atoms with E-state index in [0.29, 0.717) is 0 Å². The fraction of sp³-hybridized carbons (Fsp3) is 0.667. The average molecular weight is 254 g/mol. The molecule has 0 bridgehead atoms. The van der Waals surface area contributed by atoms with Gasteiger partial charge in [0.25, 0.3) is 0 Å². The Bertz CT molecular complexity index is 353. The molecule has 17 heavy (non-hydrogen) atoms. The smallest absolute Gasteiger partial charge is 0.306 e. The first kappa shape index (κ1) is 12.5. The number of carboxylic acids is 1. The van der Waals surface area contributed by atoms with Crippen LogP contribution in [0.5, 0.6) is 0 Å². The van der Waals surface area contributed by atoms with Crippen LogP contribution in [0.2, 0.25) is 0 Å². The molecule has 2 rings (SSSR count). The van der Waals surface area contributed by atoms with Gasteiger partial charge in [-0.15, -0.1) is 11.3 Å². The molecule has 2 atom stereocenters. The second-order valence-corrected chi connectivity index (χ2v) is 5.56. The molecule has 0 aliphatic heterocycles. The van der Waals surface area contributed by atoms with Crippen molar-refractivity contribution in [1.29, 1.82) is 0 Å². The number of rotatable bonds is 5. The second kappa shape index (κ2) is 6.12. The number of nitrogens with zero attached hydrogens (tertiary/aromatic N) is 1. The molecule has 1 aromatic heterocycles. The normalized spacial score (nSPS) is 24.7. The Morgan fingerprint density at radius 1 is 1.53 bits per heavy atom. The fourth-order valence-corrected chi connectivity index (χ4v) is 3.05. The molecule has 4 nitrogen and oxygen atoms in total. The van der Waals surface area contributed by atoms with Crippen LogP contribution in [0.3, 0.4) is 0 Å². The topological polar surface area (TPSA) is 62.2 Å². The Morgan fingerprint density at radius 3 is 3.06 bits per heavy atom. The SMILES string of the molecule is O=C(O)C1CCCCC1CNCc1cncs1. The van der Waals surface area contributed by atoms with E-state index in [9.17, 15) is 4.79 Å². The number of aliphatic carboxylic acids is 1. The summed E-state index contributed by atoms with van der Waals surface area (Å²) in [5, 5.41) is 12.5. The third kappa shape index (κ3) is 3.51. The number of hydrogen-bond donors (Lipinski definition) is 2. The molecule has 1 aromatic rings. The van der Waals surface area contributed by atoms with Gasteiger partial charge in [0.15, 0.2) is 0 Å². The predicted octanol–water partition coefficient (Wildman–Crippen LogP) is 2.12. The van der Waals surface area contributed by atoms with Crippen molar-refractivity contribution in [2.45, 2.75) is 32.2 Å². The zero-order chi connectivity index (χ0) is 12.1. The molecule has 1 fully saturated rings. The minimum Gasteiger partial charge on any atom is -0.481 e. The van der Waals surface area contributed by atoms with Gasteiger partial charge in [-0.3, -0.25) is 9.78 Å². The molecule has 0 spiro atoms. The molecule has 0 saturated heterocycles. The van der Waals surface area contributed by atoms with Gasteiger partial charge >= 0.3 is 5.97 Å².